The highest BCUT2D eigenvalue weighted by Gasteiger charge is 2.05. The van der Waals surface area contributed by atoms with Crippen LogP contribution in [0.15, 0.2) is 27.4 Å². The molecule has 3 N–H and O–H groups in total. The van der Waals surface area contributed by atoms with Crippen molar-refractivity contribution in [2.24, 2.45) is 5.73 Å². The summed E-state index contributed by atoms with van der Waals surface area (Å²) >= 11 is 0. The maximum absolute atomic E-state index is 11.0. The first-order valence-electron chi connectivity index (χ1n) is 5.18. The van der Waals surface area contributed by atoms with Crippen molar-refractivity contribution in [2.75, 3.05) is 13.6 Å². The molecule has 0 saturated carbocycles. The number of carbonyl (C=O) groups is 1. The van der Waals surface area contributed by atoms with Gasteiger partial charge < -0.3 is 15.1 Å². The number of hydrogen-bond acceptors (Lipinski definition) is 3. The Bertz CT molecular complexity index is 599. The summed E-state index contributed by atoms with van der Waals surface area (Å²) in [6.45, 7) is 0.523. The third-order valence-corrected chi connectivity index (χ3v) is 2.60. The fourth-order valence-electron chi connectivity index (χ4n) is 1.55. The van der Waals surface area contributed by atoms with Gasteiger partial charge in [0.15, 0.2) is 5.58 Å². The number of oxazole rings is 1. The SMILES string of the molecule is CN(CCc1ccc2[nH]c(=O)oc2c1)C(N)=O. The van der Waals surface area contributed by atoms with Crippen molar-refractivity contribution in [3.8, 4) is 0 Å². The number of rotatable bonds is 3. The van der Waals surface area contributed by atoms with Crippen LogP contribution in [0, 0.1) is 0 Å². The predicted molar refractivity (Wildman–Crippen MR) is 62.8 cm³/mol. The summed E-state index contributed by atoms with van der Waals surface area (Å²) < 4.78 is 4.95. The van der Waals surface area contributed by atoms with Crippen LogP contribution >= 0.6 is 0 Å². The van der Waals surface area contributed by atoms with E-state index in [1.807, 2.05) is 6.07 Å². The van der Waals surface area contributed by atoms with Crippen molar-refractivity contribution >= 4 is 17.1 Å². The fraction of sp³-hybridized carbons (Fsp3) is 0.273. The molecule has 0 saturated heterocycles. The molecule has 0 aliphatic heterocycles. The average Bonchev–Trinajstić information content (AvgIpc) is 2.64. The van der Waals surface area contributed by atoms with Gasteiger partial charge in [0.1, 0.15) is 0 Å². The zero-order chi connectivity index (χ0) is 12.4. The molecule has 6 heteroatoms. The summed E-state index contributed by atoms with van der Waals surface area (Å²) in [7, 11) is 1.64. The lowest BCUT2D eigenvalue weighted by atomic mass is 10.1. The van der Waals surface area contributed by atoms with E-state index < -0.39 is 11.8 Å². The Hall–Kier alpha value is -2.24. The predicted octanol–water partition coefficient (Wildman–Crippen LogP) is 0.674. The van der Waals surface area contributed by atoms with Crippen molar-refractivity contribution in [3.05, 3.63) is 34.3 Å². The molecule has 1 aromatic heterocycles. The van der Waals surface area contributed by atoms with Gasteiger partial charge in [-0.25, -0.2) is 9.59 Å². The maximum Gasteiger partial charge on any atom is 0.417 e. The number of nitrogens with zero attached hydrogens (tertiary/aromatic N) is 1. The van der Waals surface area contributed by atoms with Crippen LogP contribution in [0.25, 0.3) is 11.1 Å². The third kappa shape index (κ3) is 2.47. The second-order valence-electron chi connectivity index (χ2n) is 3.85. The molecular weight excluding hydrogens is 222 g/mol. The summed E-state index contributed by atoms with van der Waals surface area (Å²) in [6.07, 6.45) is 0.657. The number of fused-ring (bicyclic) bond motifs is 1. The lowest BCUT2D eigenvalue weighted by Crippen LogP contribution is -2.33. The van der Waals surface area contributed by atoms with Crippen LogP contribution < -0.4 is 11.5 Å². The van der Waals surface area contributed by atoms with Crippen LogP contribution in [0.1, 0.15) is 5.56 Å². The number of aromatic amines is 1. The number of nitrogens with two attached hydrogens (primary N) is 1. The van der Waals surface area contributed by atoms with E-state index in [0.29, 0.717) is 24.1 Å². The second-order valence-corrected chi connectivity index (χ2v) is 3.85. The van der Waals surface area contributed by atoms with Crippen molar-refractivity contribution in [3.63, 3.8) is 0 Å². The van der Waals surface area contributed by atoms with E-state index in [2.05, 4.69) is 4.98 Å². The largest absolute Gasteiger partial charge is 0.417 e. The van der Waals surface area contributed by atoms with Gasteiger partial charge in [-0.05, 0) is 24.1 Å². The van der Waals surface area contributed by atoms with Crippen molar-refractivity contribution < 1.29 is 9.21 Å². The molecule has 1 aromatic carbocycles. The van der Waals surface area contributed by atoms with E-state index >= 15 is 0 Å². The highest BCUT2D eigenvalue weighted by Crippen LogP contribution is 2.12. The normalized spacial score (nSPS) is 10.6. The van der Waals surface area contributed by atoms with E-state index in [4.69, 9.17) is 10.2 Å². The molecule has 6 nitrogen and oxygen atoms in total. The van der Waals surface area contributed by atoms with E-state index in [9.17, 15) is 9.59 Å². The molecule has 2 aromatic rings. The quantitative estimate of drug-likeness (QED) is 0.819. The van der Waals surface area contributed by atoms with Crippen LogP contribution in [0.2, 0.25) is 0 Å². The van der Waals surface area contributed by atoms with Crippen molar-refractivity contribution in [1.29, 1.82) is 0 Å². The second kappa shape index (κ2) is 4.32. The Morgan fingerprint density at radius 2 is 2.29 bits per heavy atom. The summed E-state index contributed by atoms with van der Waals surface area (Å²) in [6, 6.07) is 4.98. The molecule has 0 atom stereocenters. The van der Waals surface area contributed by atoms with Gasteiger partial charge in [0.25, 0.3) is 0 Å². The molecule has 17 heavy (non-hydrogen) atoms. The smallest absolute Gasteiger partial charge is 0.408 e. The van der Waals surface area contributed by atoms with E-state index in [1.54, 1.807) is 19.2 Å². The van der Waals surface area contributed by atoms with Crippen LogP contribution in [0.4, 0.5) is 4.79 Å². The molecule has 0 unspecified atom stereocenters. The maximum atomic E-state index is 11.0. The van der Waals surface area contributed by atoms with E-state index in [0.717, 1.165) is 5.56 Å². The average molecular weight is 235 g/mol. The van der Waals surface area contributed by atoms with Crippen LogP contribution in [-0.2, 0) is 6.42 Å². The molecule has 90 valence electrons. The molecule has 0 radical (unpaired) electrons. The zero-order valence-corrected chi connectivity index (χ0v) is 9.40. The fourth-order valence-corrected chi connectivity index (χ4v) is 1.55. The van der Waals surface area contributed by atoms with Gasteiger partial charge in [-0.3, -0.25) is 4.98 Å². The minimum atomic E-state index is -0.466. The molecule has 0 aliphatic carbocycles. The van der Waals surface area contributed by atoms with Gasteiger partial charge >= 0.3 is 11.8 Å². The number of nitrogens with one attached hydrogen (secondary N) is 1. The molecule has 0 aliphatic rings. The monoisotopic (exact) mass is 235 g/mol. The molecule has 0 spiro atoms. The number of aromatic nitrogens is 1. The first-order valence-corrected chi connectivity index (χ1v) is 5.18. The zero-order valence-electron chi connectivity index (χ0n) is 9.40. The molecule has 2 rings (SSSR count). The minimum absolute atomic E-state index is 0.459. The number of likely N-dealkylation sites (N-methyl/N-ethyl adjacent to an activating group) is 1. The number of amides is 2. The summed E-state index contributed by atoms with van der Waals surface area (Å²) in [5, 5.41) is 0. The standard InChI is InChI=1S/C11H13N3O3/c1-14(10(12)15)5-4-7-2-3-8-9(6-7)17-11(16)13-8/h2-3,6H,4-5H2,1H3,(H2,12,15)(H,13,16). The number of carbonyl (C=O) groups excluding carboxylic acids is 1. The Balaban J connectivity index is 2.14. The Kier molecular flexibility index (Phi) is 2.86. The number of primary amides is 1. The first-order chi connectivity index (χ1) is 8.06. The summed E-state index contributed by atoms with van der Waals surface area (Å²) in [4.78, 5) is 25.8. The Morgan fingerprint density at radius 3 is 3.00 bits per heavy atom. The van der Waals surface area contributed by atoms with Gasteiger partial charge in [0.2, 0.25) is 0 Å². The Labute approximate surface area is 97.0 Å². The molecular formula is C11H13N3O3. The molecule has 0 fully saturated rings. The Morgan fingerprint density at radius 1 is 1.53 bits per heavy atom. The van der Waals surface area contributed by atoms with Crippen molar-refractivity contribution in [1.82, 2.24) is 9.88 Å². The van der Waals surface area contributed by atoms with Gasteiger partial charge in [-0.15, -0.1) is 0 Å². The lowest BCUT2D eigenvalue weighted by molar-refractivity contribution is 0.219. The van der Waals surface area contributed by atoms with Gasteiger partial charge in [-0.2, -0.15) is 0 Å². The van der Waals surface area contributed by atoms with Crippen LogP contribution in [0.3, 0.4) is 0 Å². The highest BCUT2D eigenvalue weighted by molar-refractivity contribution is 5.73. The van der Waals surface area contributed by atoms with E-state index in [1.165, 1.54) is 4.90 Å². The van der Waals surface area contributed by atoms with Gasteiger partial charge in [-0.1, -0.05) is 6.07 Å². The minimum Gasteiger partial charge on any atom is -0.408 e. The van der Waals surface area contributed by atoms with Crippen LogP contribution in [0.5, 0.6) is 0 Å². The van der Waals surface area contributed by atoms with Crippen molar-refractivity contribution in [2.45, 2.75) is 6.42 Å². The third-order valence-electron chi connectivity index (χ3n) is 2.60. The number of benzene rings is 1. The number of urea groups is 1. The van der Waals surface area contributed by atoms with Gasteiger partial charge in [0, 0.05) is 13.6 Å². The summed E-state index contributed by atoms with van der Waals surface area (Å²) in [5.41, 5.74) is 7.29. The number of H-pyrrole nitrogens is 1. The molecule has 0 bridgehead atoms. The summed E-state index contributed by atoms with van der Waals surface area (Å²) in [5.74, 6) is -0.466. The van der Waals surface area contributed by atoms with Gasteiger partial charge in [0.05, 0.1) is 5.52 Å². The molecule has 1 heterocycles. The first kappa shape index (κ1) is 11.3. The van der Waals surface area contributed by atoms with E-state index in [-0.39, 0.29) is 0 Å². The lowest BCUT2D eigenvalue weighted by Gasteiger charge is -2.13. The number of hydrogen-bond donors (Lipinski definition) is 2. The topological polar surface area (TPSA) is 92.3 Å². The van der Waals surface area contributed by atoms with Crippen LogP contribution in [-0.4, -0.2) is 29.5 Å². The molecule has 2 amide bonds. The highest BCUT2D eigenvalue weighted by atomic mass is 16.4.